The highest BCUT2D eigenvalue weighted by Gasteiger charge is 2.18. The fourth-order valence-corrected chi connectivity index (χ4v) is 2.42. The summed E-state index contributed by atoms with van der Waals surface area (Å²) in [5, 5.41) is 13.6. The number of nitrogens with zero attached hydrogens (tertiary/aromatic N) is 2. The fourth-order valence-electron chi connectivity index (χ4n) is 2.01. The van der Waals surface area contributed by atoms with Crippen molar-refractivity contribution in [2.75, 3.05) is 20.6 Å². The number of nitro groups is 1. The molecule has 0 aliphatic heterocycles. The monoisotopic (exact) mass is 343 g/mol. The molecule has 0 bridgehead atoms. The van der Waals surface area contributed by atoms with Gasteiger partial charge in [-0.3, -0.25) is 14.9 Å². The van der Waals surface area contributed by atoms with E-state index in [1.807, 2.05) is 18.9 Å². The molecule has 7 heteroatoms. The highest BCUT2D eigenvalue weighted by molar-refractivity contribution is 9.10. The van der Waals surface area contributed by atoms with Crippen LogP contribution in [-0.2, 0) is 11.3 Å². The van der Waals surface area contributed by atoms with Gasteiger partial charge in [0, 0.05) is 42.2 Å². The molecule has 110 valence electrons. The van der Waals surface area contributed by atoms with Crippen LogP contribution < -0.4 is 5.32 Å². The zero-order chi connectivity index (χ0) is 15.3. The molecule has 1 rings (SSSR count). The molecule has 20 heavy (non-hydrogen) atoms. The summed E-state index contributed by atoms with van der Waals surface area (Å²) in [6, 6.07) is 4.86. The van der Waals surface area contributed by atoms with E-state index < -0.39 is 4.92 Å². The van der Waals surface area contributed by atoms with Gasteiger partial charge in [0.15, 0.2) is 0 Å². The number of hydrogen-bond donors (Lipinski definition) is 1. The number of hydrogen-bond acceptors (Lipinski definition) is 4. The van der Waals surface area contributed by atoms with Crippen molar-refractivity contribution in [1.29, 1.82) is 0 Å². The average molecular weight is 344 g/mol. The maximum Gasteiger partial charge on any atom is 0.273 e. The van der Waals surface area contributed by atoms with Gasteiger partial charge in [0.05, 0.1) is 4.92 Å². The van der Waals surface area contributed by atoms with Crippen LogP contribution in [0.4, 0.5) is 5.69 Å². The van der Waals surface area contributed by atoms with Crippen LogP contribution in [-0.4, -0.2) is 36.4 Å². The quantitative estimate of drug-likeness (QED) is 0.634. The first kappa shape index (κ1) is 16.6. The smallest absolute Gasteiger partial charge is 0.273 e. The second kappa shape index (κ2) is 7.35. The second-order valence-electron chi connectivity index (χ2n) is 4.74. The van der Waals surface area contributed by atoms with E-state index in [1.165, 1.54) is 6.07 Å². The summed E-state index contributed by atoms with van der Waals surface area (Å²) in [7, 11) is 3.43. The van der Waals surface area contributed by atoms with Crippen molar-refractivity contribution in [3.8, 4) is 0 Å². The number of carbonyl (C=O) groups is 1. The molecule has 1 aromatic rings. The van der Waals surface area contributed by atoms with Crippen LogP contribution in [0.2, 0.25) is 0 Å². The Morgan fingerprint density at radius 2 is 2.20 bits per heavy atom. The van der Waals surface area contributed by atoms with Crippen molar-refractivity contribution in [3.05, 3.63) is 38.3 Å². The van der Waals surface area contributed by atoms with Gasteiger partial charge in [-0.25, -0.2) is 0 Å². The van der Waals surface area contributed by atoms with Gasteiger partial charge in [-0.1, -0.05) is 22.9 Å². The van der Waals surface area contributed by atoms with Crippen molar-refractivity contribution in [2.45, 2.75) is 13.5 Å². The van der Waals surface area contributed by atoms with E-state index in [0.717, 1.165) is 4.47 Å². The molecule has 0 aliphatic carbocycles. The standard InChI is InChI=1S/C13H18BrN3O3/c1-9(13(18)15-2)7-16(3)8-10-6-11(14)4-5-12(10)17(19)20/h4-6,9H,7-8H2,1-3H3,(H,15,18)/t9-/m1/s1. The Morgan fingerprint density at radius 3 is 2.75 bits per heavy atom. The highest BCUT2D eigenvalue weighted by atomic mass is 79.9. The largest absolute Gasteiger partial charge is 0.359 e. The summed E-state index contributed by atoms with van der Waals surface area (Å²) in [5.74, 6) is -0.211. The molecule has 0 radical (unpaired) electrons. The van der Waals surface area contributed by atoms with Crippen LogP contribution in [0.25, 0.3) is 0 Å². The third-order valence-corrected chi connectivity index (χ3v) is 3.45. The third-order valence-electron chi connectivity index (χ3n) is 2.96. The SMILES string of the molecule is CNC(=O)[C@H](C)CN(C)Cc1cc(Br)ccc1[N+](=O)[O-]. The summed E-state index contributed by atoms with van der Waals surface area (Å²) < 4.78 is 0.797. The molecule has 0 saturated heterocycles. The molecule has 1 N–H and O–H groups in total. The molecule has 0 saturated carbocycles. The number of amides is 1. The first-order valence-electron chi connectivity index (χ1n) is 6.18. The Morgan fingerprint density at radius 1 is 1.55 bits per heavy atom. The lowest BCUT2D eigenvalue weighted by molar-refractivity contribution is -0.385. The van der Waals surface area contributed by atoms with Crippen molar-refractivity contribution >= 4 is 27.5 Å². The average Bonchev–Trinajstić information content (AvgIpc) is 2.37. The van der Waals surface area contributed by atoms with Crippen molar-refractivity contribution in [1.82, 2.24) is 10.2 Å². The van der Waals surface area contributed by atoms with E-state index in [2.05, 4.69) is 21.2 Å². The van der Waals surface area contributed by atoms with Gasteiger partial charge < -0.3 is 10.2 Å². The van der Waals surface area contributed by atoms with E-state index >= 15 is 0 Å². The molecule has 0 spiro atoms. The molecule has 0 aliphatic rings. The lowest BCUT2D eigenvalue weighted by Crippen LogP contribution is -2.34. The Balaban J connectivity index is 2.79. The van der Waals surface area contributed by atoms with Crippen molar-refractivity contribution in [3.63, 3.8) is 0 Å². The molecular formula is C13H18BrN3O3. The minimum atomic E-state index is -0.391. The molecule has 1 aromatic carbocycles. The highest BCUT2D eigenvalue weighted by Crippen LogP contribution is 2.24. The van der Waals surface area contributed by atoms with E-state index in [0.29, 0.717) is 18.7 Å². The predicted molar refractivity (Wildman–Crippen MR) is 80.4 cm³/mol. The molecule has 1 atom stereocenters. The van der Waals surface area contributed by atoms with Gasteiger partial charge in [-0.15, -0.1) is 0 Å². The first-order valence-corrected chi connectivity index (χ1v) is 6.97. The predicted octanol–water partition coefficient (Wildman–Crippen LogP) is 2.17. The summed E-state index contributed by atoms with van der Waals surface area (Å²) in [6.45, 7) is 2.77. The summed E-state index contributed by atoms with van der Waals surface area (Å²) >= 11 is 3.32. The van der Waals surface area contributed by atoms with Gasteiger partial charge >= 0.3 is 0 Å². The molecule has 0 heterocycles. The zero-order valence-electron chi connectivity index (χ0n) is 11.7. The number of carbonyl (C=O) groups excluding carboxylic acids is 1. The Labute approximate surface area is 126 Å². The number of halogens is 1. The molecule has 0 fully saturated rings. The van der Waals surface area contributed by atoms with E-state index in [4.69, 9.17) is 0 Å². The lowest BCUT2D eigenvalue weighted by Gasteiger charge is -2.20. The second-order valence-corrected chi connectivity index (χ2v) is 5.66. The molecular weight excluding hydrogens is 326 g/mol. The van der Waals surface area contributed by atoms with Crippen LogP contribution in [0.5, 0.6) is 0 Å². The minimum Gasteiger partial charge on any atom is -0.359 e. The van der Waals surface area contributed by atoms with Crippen LogP contribution in [0.15, 0.2) is 22.7 Å². The van der Waals surface area contributed by atoms with E-state index in [1.54, 1.807) is 19.2 Å². The maximum absolute atomic E-state index is 11.5. The van der Waals surface area contributed by atoms with Gasteiger partial charge in [0.2, 0.25) is 5.91 Å². The number of rotatable bonds is 6. The van der Waals surface area contributed by atoms with Gasteiger partial charge in [0.1, 0.15) is 0 Å². The summed E-state index contributed by atoms with van der Waals surface area (Å²) in [5.41, 5.74) is 0.712. The Kier molecular flexibility index (Phi) is 6.09. The molecule has 6 nitrogen and oxygen atoms in total. The van der Waals surface area contributed by atoms with Crippen molar-refractivity contribution < 1.29 is 9.72 Å². The Hall–Kier alpha value is -1.47. The number of benzene rings is 1. The first-order chi connectivity index (χ1) is 9.35. The Bertz CT molecular complexity index is 508. The van der Waals surface area contributed by atoms with Crippen LogP contribution >= 0.6 is 15.9 Å². The lowest BCUT2D eigenvalue weighted by atomic mass is 10.1. The van der Waals surface area contributed by atoms with Crippen LogP contribution in [0.3, 0.4) is 0 Å². The summed E-state index contributed by atoms with van der Waals surface area (Å²) in [6.07, 6.45) is 0. The van der Waals surface area contributed by atoms with Gasteiger partial charge in [-0.05, 0) is 19.2 Å². The van der Waals surface area contributed by atoms with Gasteiger partial charge in [0.25, 0.3) is 5.69 Å². The van der Waals surface area contributed by atoms with Crippen molar-refractivity contribution in [2.24, 2.45) is 5.92 Å². The zero-order valence-corrected chi connectivity index (χ0v) is 13.3. The molecule has 0 unspecified atom stereocenters. The maximum atomic E-state index is 11.5. The molecule has 1 amide bonds. The number of nitro benzene ring substituents is 1. The number of nitrogens with one attached hydrogen (secondary N) is 1. The van der Waals surface area contributed by atoms with E-state index in [9.17, 15) is 14.9 Å². The molecule has 0 aromatic heterocycles. The minimum absolute atomic E-state index is 0.0411. The normalized spacial score (nSPS) is 12.2. The van der Waals surface area contributed by atoms with Crippen LogP contribution in [0, 0.1) is 16.0 Å². The third kappa shape index (κ3) is 4.57. The van der Waals surface area contributed by atoms with Gasteiger partial charge in [-0.2, -0.15) is 0 Å². The van der Waals surface area contributed by atoms with Crippen LogP contribution in [0.1, 0.15) is 12.5 Å². The topological polar surface area (TPSA) is 75.5 Å². The summed E-state index contributed by atoms with van der Waals surface area (Å²) in [4.78, 5) is 24.0. The van der Waals surface area contributed by atoms with E-state index in [-0.39, 0.29) is 17.5 Å². The fraction of sp³-hybridized carbons (Fsp3) is 0.462.